The third-order valence-corrected chi connectivity index (χ3v) is 5.12. The van der Waals surface area contributed by atoms with Crippen LogP contribution in [-0.4, -0.2) is 33.9 Å². The number of amides is 1. The molecule has 0 aliphatic rings. The summed E-state index contributed by atoms with van der Waals surface area (Å²) >= 11 is 2.49. The zero-order chi connectivity index (χ0) is 17.4. The third kappa shape index (κ3) is 2.87. The standard InChI is InChI=1S/C16H12N4O3S2/c1-22-12-6-11-14(7-13(12)23-2)24-16(17-11)18-15(21)8-3-4-9-10(5-8)20-25-19-9/h3-7H,1-2H3,(H,17,18,21). The molecule has 4 rings (SSSR count). The van der Waals surface area contributed by atoms with E-state index in [2.05, 4.69) is 19.0 Å². The SMILES string of the molecule is COc1cc2nc(NC(=O)c3ccc4nsnc4c3)sc2cc1OC. The average Bonchev–Trinajstić information content (AvgIpc) is 3.25. The minimum absolute atomic E-state index is 0.243. The van der Waals surface area contributed by atoms with Crippen LogP contribution in [0.1, 0.15) is 10.4 Å². The van der Waals surface area contributed by atoms with Crippen molar-refractivity contribution in [3.63, 3.8) is 0 Å². The van der Waals surface area contributed by atoms with E-state index in [4.69, 9.17) is 9.47 Å². The summed E-state index contributed by atoms with van der Waals surface area (Å²) in [6.07, 6.45) is 0. The van der Waals surface area contributed by atoms with Gasteiger partial charge < -0.3 is 9.47 Å². The van der Waals surface area contributed by atoms with E-state index in [1.54, 1.807) is 38.5 Å². The van der Waals surface area contributed by atoms with E-state index < -0.39 is 0 Å². The van der Waals surface area contributed by atoms with Crippen LogP contribution in [0.2, 0.25) is 0 Å². The Morgan fingerprint density at radius 1 is 1.00 bits per heavy atom. The number of anilines is 1. The van der Waals surface area contributed by atoms with E-state index in [-0.39, 0.29) is 5.91 Å². The van der Waals surface area contributed by atoms with Crippen molar-refractivity contribution in [3.05, 3.63) is 35.9 Å². The van der Waals surface area contributed by atoms with Crippen LogP contribution in [0.5, 0.6) is 11.5 Å². The number of thiazole rings is 1. The molecule has 9 heteroatoms. The number of nitrogens with zero attached hydrogens (tertiary/aromatic N) is 3. The molecule has 0 saturated carbocycles. The zero-order valence-electron chi connectivity index (χ0n) is 13.3. The van der Waals surface area contributed by atoms with Crippen molar-refractivity contribution in [2.45, 2.75) is 0 Å². The molecular weight excluding hydrogens is 360 g/mol. The van der Waals surface area contributed by atoms with Gasteiger partial charge in [-0.3, -0.25) is 10.1 Å². The molecule has 0 atom stereocenters. The number of nitrogens with one attached hydrogen (secondary N) is 1. The lowest BCUT2D eigenvalue weighted by Gasteiger charge is -2.05. The number of rotatable bonds is 4. The van der Waals surface area contributed by atoms with Crippen molar-refractivity contribution >= 4 is 55.4 Å². The fourth-order valence-corrected chi connectivity index (χ4v) is 3.79. The van der Waals surface area contributed by atoms with Gasteiger partial charge in [-0.05, 0) is 18.2 Å². The number of benzene rings is 2. The highest BCUT2D eigenvalue weighted by Gasteiger charge is 2.14. The summed E-state index contributed by atoms with van der Waals surface area (Å²) in [7, 11) is 3.15. The summed E-state index contributed by atoms with van der Waals surface area (Å²) in [4.78, 5) is 16.9. The van der Waals surface area contributed by atoms with Crippen LogP contribution < -0.4 is 14.8 Å². The van der Waals surface area contributed by atoms with Gasteiger partial charge in [-0.2, -0.15) is 8.75 Å². The fraction of sp³-hybridized carbons (Fsp3) is 0.125. The predicted octanol–water partition coefficient (Wildman–Crippen LogP) is 3.57. The van der Waals surface area contributed by atoms with Crippen LogP contribution in [0.25, 0.3) is 21.3 Å². The Morgan fingerprint density at radius 3 is 2.56 bits per heavy atom. The largest absolute Gasteiger partial charge is 0.493 e. The Balaban J connectivity index is 1.64. The van der Waals surface area contributed by atoms with Crippen molar-refractivity contribution in [2.24, 2.45) is 0 Å². The Labute approximate surface area is 150 Å². The molecule has 0 spiro atoms. The maximum absolute atomic E-state index is 12.5. The summed E-state index contributed by atoms with van der Waals surface area (Å²) in [5.41, 5.74) is 2.73. The molecule has 0 radical (unpaired) electrons. The highest BCUT2D eigenvalue weighted by Crippen LogP contribution is 2.36. The first kappa shape index (κ1) is 15.7. The third-order valence-electron chi connectivity index (χ3n) is 3.63. The topological polar surface area (TPSA) is 86.2 Å². The summed E-state index contributed by atoms with van der Waals surface area (Å²) in [6, 6.07) is 8.84. The second kappa shape index (κ2) is 6.26. The molecule has 0 bridgehead atoms. The van der Waals surface area contributed by atoms with Gasteiger partial charge in [0.05, 0.1) is 36.2 Å². The Bertz CT molecular complexity index is 1050. The van der Waals surface area contributed by atoms with Crippen LogP contribution in [-0.2, 0) is 0 Å². The molecule has 1 N–H and O–H groups in total. The minimum Gasteiger partial charge on any atom is -0.493 e. The molecule has 0 aliphatic carbocycles. The van der Waals surface area contributed by atoms with Gasteiger partial charge in [-0.1, -0.05) is 11.3 Å². The van der Waals surface area contributed by atoms with E-state index in [1.807, 2.05) is 6.07 Å². The average molecular weight is 372 g/mol. The summed E-state index contributed by atoms with van der Waals surface area (Å²) in [5, 5.41) is 3.33. The highest BCUT2D eigenvalue weighted by molar-refractivity contribution is 7.22. The number of ether oxygens (including phenoxy) is 2. The summed E-state index contributed by atoms with van der Waals surface area (Å²) in [6.45, 7) is 0. The van der Waals surface area contributed by atoms with Crippen molar-refractivity contribution in [2.75, 3.05) is 19.5 Å². The number of carbonyl (C=O) groups excluding carboxylic acids is 1. The lowest BCUT2D eigenvalue weighted by atomic mass is 10.2. The zero-order valence-corrected chi connectivity index (χ0v) is 14.9. The first-order valence-corrected chi connectivity index (χ1v) is 8.79. The number of aromatic nitrogens is 3. The molecule has 0 unspecified atom stereocenters. The van der Waals surface area contributed by atoms with Crippen molar-refractivity contribution in [1.82, 2.24) is 13.7 Å². The van der Waals surface area contributed by atoms with E-state index >= 15 is 0 Å². The number of hydrogen-bond acceptors (Lipinski definition) is 8. The van der Waals surface area contributed by atoms with Crippen LogP contribution in [0.3, 0.4) is 0 Å². The van der Waals surface area contributed by atoms with Gasteiger partial charge >= 0.3 is 0 Å². The van der Waals surface area contributed by atoms with Crippen molar-refractivity contribution in [1.29, 1.82) is 0 Å². The first-order chi connectivity index (χ1) is 12.2. The Hall–Kier alpha value is -2.78. The van der Waals surface area contributed by atoms with Crippen LogP contribution in [0, 0.1) is 0 Å². The van der Waals surface area contributed by atoms with Gasteiger partial charge in [0.15, 0.2) is 16.6 Å². The van der Waals surface area contributed by atoms with Crippen LogP contribution in [0.4, 0.5) is 5.13 Å². The lowest BCUT2D eigenvalue weighted by molar-refractivity contribution is 0.102. The molecule has 2 heterocycles. The normalized spacial score (nSPS) is 11.0. The van der Waals surface area contributed by atoms with Gasteiger partial charge in [-0.15, -0.1) is 0 Å². The van der Waals surface area contributed by atoms with Gasteiger partial charge in [-0.25, -0.2) is 4.98 Å². The quantitative estimate of drug-likeness (QED) is 0.589. The number of carbonyl (C=O) groups is 1. The van der Waals surface area contributed by atoms with Crippen LogP contribution in [0.15, 0.2) is 30.3 Å². The molecule has 1 amide bonds. The van der Waals surface area contributed by atoms with Crippen molar-refractivity contribution in [3.8, 4) is 11.5 Å². The van der Waals surface area contributed by atoms with Crippen molar-refractivity contribution < 1.29 is 14.3 Å². The van der Waals surface area contributed by atoms with E-state index in [0.29, 0.717) is 27.7 Å². The Kier molecular flexibility index (Phi) is 3.94. The minimum atomic E-state index is -0.243. The monoisotopic (exact) mass is 372 g/mol. The van der Waals surface area contributed by atoms with E-state index in [9.17, 15) is 4.79 Å². The highest BCUT2D eigenvalue weighted by atomic mass is 32.1. The van der Waals surface area contributed by atoms with Gasteiger partial charge in [0, 0.05) is 17.7 Å². The van der Waals surface area contributed by atoms with Gasteiger partial charge in [0.2, 0.25) is 0 Å². The molecule has 0 saturated heterocycles. The first-order valence-electron chi connectivity index (χ1n) is 7.24. The van der Waals surface area contributed by atoms with E-state index in [0.717, 1.165) is 27.5 Å². The maximum Gasteiger partial charge on any atom is 0.257 e. The molecule has 2 aromatic carbocycles. The van der Waals surface area contributed by atoms with Gasteiger partial charge in [0.25, 0.3) is 5.91 Å². The second-order valence-corrected chi connectivity index (χ2v) is 6.67. The van der Waals surface area contributed by atoms with E-state index in [1.165, 1.54) is 11.3 Å². The smallest absolute Gasteiger partial charge is 0.257 e. The predicted molar refractivity (Wildman–Crippen MR) is 98.1 cm³/mol. The molecule has 0 aliphatic heterocycles. The summed E-state index contributed by atoms with van der Waals surface area (Å²) in [5.74, 6) is 0.977. The summed E-state index contributed by atoms with van der Waals surface area (Å²) < 4.78 is 19.7. The maximum atomic E-state index is 12.5. The van der Waals surface area contributed by atoms with Gasteiger partial charge in [0.1, 0.15) is 11.0 Å². The number of fused-ring (bicyclic) bond motifs is 2. The Morgan fingerprint density at radius 2 is 1.76 bits per heavy atom. The molecule has 25 heavy (non-hydrogen) atoms. The fourth-order valence-electron chi connectivity index (χ4n) is 2.40. The molecular formula is C16H12N4O3S2. The molecule has 126 valence electrons. The molecule has 7 nitrogen and oxygen atoms in total. The molecule has 2 aromatic heterocycles. The number of methoxy groups -OCH3 is 2. The molecule has 0 fully saturated rings. The van der Waals surface area contributed by atoms with Crippen LogP contribution >= 0.6 is 23.1 Å². The lowest BCUT2D eigenvalue weighted by Crippen LogP contribution is -2.11. The number of hydrogen-bond donors (Lipinski definition) is 1. The molecule has 4 aromatic rings. The second-order valence-electron chi connectivity index (χ2n) is 5.12.